The number of benzene rings is 2. The lowest BCUT2D eigenvalue weighted by atomic mass is 9.98. The fraction of sp³-hybridized carbons (Fsp3) is 0.368. The summed E-state index contributed by atoms with van der Waals surface area (Å²) < 4.78 is 49.0. The van der Waals surface area contributed by atoms with E-state index in [2.05, 4.69) is 15.2 Å². The van der Waals surface area contributed by atoms with E-state index in [1.54, 1.807) is 12.1 Å². The van der Waals surface area contributed by atoms with Crippen LogP contribution in [0, 0.1) is 0 Å². The van der Waals surface area contributed by atoms with Crippen molar-refractivity contribution in [2.75, 3.05) is 24.6 Å². The number of hydrogen-bond donors (Lipinski definition) is 1. The maximum Gasteiger partial charge on any atom is 0.418 e. The minimum Gasteiger partial charge on any atom is -0.379 e. The molecule has 4 rings (SSSR count). The van der Waals surface area contributed by atoms with Gasteiger partial charge in [0, 0.05) is 19.7 Å². The van der Waals surface area contributed by atoms with E-state index >= 15 is 0 Å². The predicted molar refractivity (Wildman–Crippen MR) is 95.9 cm³/mol. The number of nitrogens with zero attached hydrogens (tertiary/aromatic N) is 3. The summed E-state index contributed by atoms with van der Waals surface area (Å²) in [5.74, 6) is 0. The van der Waals surface area contributed by atoms with Crippen LogP contribution in [0.4, 0.5) is 18.9 Å². The van der Waals surface area contributed by atoms with Crippen LogP contribution in [0.5, 0.6) is 0 Å². The first-order valence-electron chi connectivity index (χ1n) is 8.84. The number of aromatic nitrogens is 2. The summed E-state index contributed by atoms with van der Waals surface area (Å²) in [6.07, 6.45) is -7.13. The first-order valence-corrected chi connectivity index (χ1v) is 8.84. The maximum atomic E-state index is 12.9. The van der Waals surface area contributed by atoms with Gasteiger partial charge in [-0.2, -0.15) is 13.2 Å². The number of ether oxygens (including phenoxy) is 1. The molecule has 0 amide bonds. The molecule has 6 nitrogen and oxygen atoms in total. The molecule has 148 valence electrons. The van der Waals surface area contributed by atoms with Crippen LogP contribution < -0.4 is 4.90 Å². The van der Waals surface area contributed by atoms with Gasteiger partial charge in [-0.05, 0) is 52.1 Å². The van der Waals surface area contributed by atoms with Crippen LogP contribution in [0.15, 0.2) is 41.0 Å². The van der Waals surface area contributed by atoms with Gasteiger partial charge in [-0.1, -0.05) is 18.2 Å². The van der Waals surface area contributed by atoms with Gasteiger partial charge in [-0.3, -0.25) is 0 Å². The number of aliphatic hydroxyl groups excluding tert-OH is 1. The Hall–Kier alpha value is -2.65. The lowest BCUT2D eigenvalue weighted by molar-refractivity contribution is -0.206. The molecule has 0 aliphatic carbocycles. The second kappa shape index (κ2) is 7.06. The summed E-state index contributed by atoms with van der Waals surface area (Å²) in [6.45, 7) is 3.94. The molecule has 1 N–H and O–H groups in total. The minimum absolute atomic E-state index is 0.133. The zero-order chi connectivity index (χ0) is 19.9. The Morgan fingerprint density at radius 2 is 2.00 bits per heavy atom. The fourth-order valence-corrected chi connectivity index (χ4v) is 3.33. The van der Waals surface area contributed by atoms with Gasteiger partial charge >= 0.3 is 6.18 Å². The highest BCUT2D eigenvalue weighted by Crippen LogP contribution is 2.37. The van der Waals surface area contributed by atoms with E-state index in [9.17, 15) is 18.3 Å². The number of halogens is 3. The summed E-state index contributed by atoms with van der Waals surface area (Å²) in [4.78, 5) is 2.06. The maximum absolute atomic E-state index is 12.9. The summed E-state index contributed by atoms with van der Waals surface area (Å²) >= 11 is 0. The summed E-state index contributed by atoms with van der Waals surface area (Å²) in [5.41, 5.74) is 2.86. The molecule has 0 saturated carbocycles. The van der Waals surface area contributed by atoms with Crippen molar-refractivity contribution in [3.63, 3.8) is 0 Å². The van der Waals surface area contributed by atoms with Gasteiger partial charge in [-0.15, -0.1) is 0 Å². The quantitative estimate of drug-likeness (QED) is 0.713. The van der Waals surface area contributed by atoms with E-state index in [1.165, 1.54) is 18.2 Å². The van der Waals surface area contributed by atoms with Gasteiger partial charge in [0.25, 0.3) is 0 Å². The highest BCUT2D eigenvalue weighted by molar-refractivity contribution is 5.93. The number of rotatable bonds is 5. The molecule has 2 heterocycles. The van der Waals surface area contributed by atoms with Crippen molar-refractivity contribution in [3.8, 4) is 11.1 Å². The molecule has 1 aliphatic heterocycles. The Bertz CT molecular complexity index is 983. The monoisotopic (exact) mass is 393 g/mol. The third-order valence-electron chi connectivity index (χ3n) is 4.78. The normalized spacial score (nSPS) is 16.4. The predicted octanol–water partition coefficient (Wildman–Crippen LogP) is 3.71. The third-order valence-corrected chi connectivity index (χ3v) is 4.78. The molecule has 1 saturated heterocycles. The van der Waals surface area contributed by atoms with Crippen LogP contribution in [-0.4, -0.2) is 47.4 Å². The second-order valence-corrected chi connectivity index (χ2v) is 6.68. The van der Waals surface area contributed by atoms with Gasteiger partial charge < -0.3 is 14.7 Å². The highest BCUT2D eigenvalue weighted by Gasteiger charge is 2.39. The molecule has 3 aromatic rings. The molecule has 0 spiro atoms. The van der Waals surface area contributed by atoms with Crippen LogP contribution in [0.1, 0.15) is 18.6 Å². The van der Waals surface area contributed by atoms with Gasteiger partial charge in [-0.25, -0.2) is 4.63 Å². The SMILES string of the molecule is CCOC1CN(c2cc(-c3cccc(C(O)C(F)(F)F)c3)cc3nonc23)C1. The molecule has 28 heavy (non-hydrogen) atoms. The summed E-state index contributed by atoms with van der Waals surface area (Å²) in [6, 6.07) is 9.29. The smallest absolute Gasteiger partial charge is 0.379 e. The molecule has 0 radical (unpaired) electrons. The molecular weight excluding hydrogens is 375 g/mol. The Balaban J connectivity index is 1.70. The van der Waals surface area contributed by atoms with Crippen molar-refractivity contribution < 1.29 is 27.6 Å². The van der Waals surface area contributed by atoms with Crippen molar-refractivity contribution in [2.24, 2.45) is 0 Å². The first kappa shape index (κ1) is 18.7. The van der Waals surface area contributed by atoms with Crippen LogP contribution >= 0.6 is 0 Å². The molecule has 9 heteroatoms. The van der Waals surface area contributed by atoms with E-state index in [4.69, 9.17) is 9.37 Å². The Kier molecular flexibility index (Phi) is 4.72. The van der Waals surface area contributed by atoms with Crippen LogP contribution in [-0.2, 0) is 4.74 Å². The third kappa shape index (κ3) is 3.43. The van der Waals surface area contributed by atoms with E-state index < -0.39 is 12.3 Å². The summed E-state index contributed by atoms with van der Waals surface area (Å²) in [5, 5.41) is 17.4. The molecule has 1 aliphatic rings. The second-order valence-electron chi connectivity index (χ2n) is 6.68. The molecule has 1 aromatic heterocycles. The van der Waals surface area contributed by atoms with E-state index in [0.717, 1.165) is 5.69 Å². The van der Waals surface area contributed by atoms with Crippen LogP contribution in [0.25, 0.3) is 22.2 Å². The number of alkyl halides is 3. The van der Waals surface area contributed by atoms with Crippen molar-refractivity contribution >= 4 is 16.7 Å². The largest absolute Gasteiger partial charge is 0.418 e. The lowest BCUT2D eigenvalue weighted by Gasteiger charge is -2.40. The molecular formula is C19H18F3N3O3. The highest BCUT2D eigenvalue weighted by atomic mass is 19.4. The molecule has 1 fully saturated rings. The molecule has 0 bridgehead atoms. The standard InChI is InChI=1S/C19H18F3N3O3/c1-2-27-14-9-25(10-14)16-8-13(7-15-17(16)24-28-23-15)11-4-3-5-12(6-11)18(26)19(20,21)22/h3-8,14,18,26H,2,9-10H2,1H3. The zero-order valence-corrected chi connectivity index (χ0v) is 15.0. The average Bonchev–Trinajstić information content (AvgIpc) is 3.11. The number of fused-ring (bicyclic) bond motifs is 1. The topological polar surface area (TPSA) is 71.6 Å². The van der Waals surface area contributed by atoms with Crippen LogP contribution in [0.2, 0.25) is 0 Å². The van der Waals surface area contributed by atoms with Crippen molar-refractivity contribution in [1.29, 1.82) is 0 Å². The Morgan fingerprint density at radius 3 is 2.71 bits per heavy atom. The van der Waals surface area contributed by atoms with E-state index in [-0.39, 0.29) is 11.7 Å². The summed E-state index contributed by atoms with van der Waals surface area (Å²) in [7, 11) is 0. The van der Waals surface area contributed by atoms with Crippen molar-refractivity contribution in [2.45, 2.75) is 25.3 Å². The number of hydrogen-bond acceptors (Lipinski definition) is 6. The van der Waals surface area contributed by atoms with Crippen molar-refractivity contribution in [3.05, 3.63) is 42.0 Å². The lowest BCUT2D eigenvalue weighted by Crippen LogP contribution is -2.52. The zero-order valence-electron chi connectivity index (χ0n) is 15.0. The van der Waals surface area contributed by atoms with E-state index in [1.807, 2.05) is 13.0 Å². The van der Waals surface area contributed by atoms with Gasteiger partial charge in [0.1, 0.15) is 5.52 Å². The number of aliphatic hydroxyl groups is 1. The van der Waals surface area contributed by atoms with Gasteiger partial charge in [0.05, 0.1) is 11.8 Å². The Morgan fingerprint density at radius 1 is 1.21 bits per heavy atom. The first-order chi connectivity index (χ1) is 13.4. The molecule has 2 aromatic carbocycles. The average molecular weight is 393 g/mol. The van der Waals surface area contributed by atoms with Crippen molar-refractivity contribution in [1.82, 2.24) is 10.3 Å². The van der Waals surface area contributed by atoms with Gasteiger partial charge in [0.15, 0.2) is 11.6 Å². The minimum atomic E-state index is -4.73. The van der Waals surface area contributed by atoms with Crippen LogP contribution in [0.3, 0.4) is 0 Å². The fourth-order valence-electron chi connectivity index (χ4n) is 3.33. The Labute approximate surface area is 158 Å². The molecule has 1 atom stereocenters. The molecule has 1 unspecified atom stereocenters. The number of anilines is 1. The van der Waals surface area contributed by atoms with Gasteiger partial charge in [0.2, 0.25) is 0 Å². The van der Waals surface area contributed by atoms with E-state index in [0.29, 0.717) is 41.9 Å².